The Hall–Kier alpha value is -2.27. The lowest BCUT2D eigenvalue weighted by Crippen LogP contribution is -2.04. The molecule has 2 aromatic rings. The molecule has 0 aliphatic carbocycles. The summed E-state index contributed by atoms with van der Waals surface area (Å²) in [4.78, 5) is 4.28. The molecular formula is C16H20N2O3. The number of benzene rings is 1. The molecule has 0 aliphatic rings. The Labute approximate surface area is 124 Å². The van der Waals surface area contributed by atoms with Crippen molar-refractivity contribution in [3.63, 3.8) is 0 Å². The van der Waals surface area contributed by atoms with Crippen LogP contribution in [-0.4, -0.2) is 25.7 Å². The molecule has 0 amide bonds. The van der Waals surface area contributed by atoms with Crippen LogP contribution in [0.2, 0.25) is 0 Å². The third-order valence-corrected chi connectivity index (χ3v) is 3.07. The van der Waals surface area contributed by atoms with E-state index in [9.17, 15) is 0 Å². The predicted molar refractivity (Wildman–Crippen MR) is 80.9 cm³/mol. The number of aromatic nitrogens is 1. The van der Waals surface area contributed by atoms with Gasteiger partial charge in [0, 0.05) is 12.3 Å². The van der Waals surface area contributed by atoms with E-state index in [1.165, 1.54) is 0 Å². The highest BCUT2D eigenvalue weighted by Gasteiger charge is 2.11. The van der Waals surface area contributed by atoms with Crippen molar-refractivity contribution in [3.8, 4) is 17.2 Å². The van der Waals surface area contributed by atoms with Gasteiger partial charge in [0.15, 0.2) is 11.5 Å². The van der Waals surface area contributed by atoms with Crippen LogP contribution in [-0.2, 0) is 13.0 Å². The lowest BCUT2D eigenvalue weighted by molar-refractivity contribution is 0.284. The summed E-state index contributed by atoms with van der Waals surface area (Å²) in [7, 11) is 3.18. The van der Waals surface area contributed by atoms with Crippen molar-refractivity contribution in [1.29, 1.82) is 0 Å². The molecule has 0 saturated heterocycles. The molecule has 0 aliphatic heterocycles. The van der Waals surface area contributed by atoms with Crippen molar-refractivity contribution in [2.75, 3.05) is 20.8 Å². The summed E-state index contributed by atoms with van der Waals surface area (Å²) in [5, 5.41) is 0. The third kappa shape index (κ3) is 3.86. The van der Waals surface area contributed by atoms with Crippen molar-refractivity contribution >= 4 is 0 Å². The minimum Gasteiger partial charge on any atom is -0.493 e. The monoisotopic (exact) mass is 288 g/mol. The Balaban J connectivity index is 2.11. The molecule has 0 fully saturated rings. The maximum Gasteiger partial charge on any atom is 0.185 e. The fourth-order valence-electron chi connectivity index (χ4n) is 2.06. The fourth-order valence-corrected chi connectivity index (χ4v) is 2.06. The molecule has 1 heterocycles. The minimum absolute atomic E-state index is 0.312. The van der Waals surface area contributed by atoms with Crippen LogP contribution >= 0.6 is 0 Å². The Morgan fingerprint density at radius 1 is 1.14 bits per heavy atom. The topological polar surface area (TPSA) is 66.6 Å². The van der Waals surface area contributed by atoms with E-state index < -0.39 is 0 Å². The van der Waals surface area contributed by atoms with Crippen molar-refractivity contribution in [1.82, 2.24) is 4.98 Å². The van der Waals surface area contributed by atoms with Gasteiger partial charge in [-0.2, -0.15) is 0 Å². The van der Waals surface area contributed by atoms with Crippen LogP contribution in [0.4, 0.5) is 0 Å². The minimum atomic E-state index is 0.312. The van der Waals surface area contributed by atoms with Gasteiger partial charge in [0.1, 0.15) is 18.1 Å². The first-order valence-electron chi connectivity index (χ1n) is 6.76. The first kappa shape index (κ1) is 15.1. The van der Waals surface area contributed by atoms with Crippen molar-refractivity contribution in [2.24, 2.45) is 5.73 Å². The molecule has 112 valence electrons. The van der Waals surface area contributed by atoms with E-state index >= 15 is 0 Å². The zero-order valence-electron chi connectivity index (χ0n) is 12.3. The molecule has 5 nitrogen and oxygen atoms in total. The maximum atomic E-state index is 5.78. The summed E-state index contributed by atoms with van der Waals surface area (Å²) >= 11 is 0. The van der Waals surface area contributed by atoms with Crippen LogP contribution in [0, 0.1) is 0 Å². The molecule has 0 unspecified atom stereocenters. The predicted octanol–water partition coefficient (Wildman–Crippen LogP) is 2.18. The average molecular weight is 288 g/mol. The van der Waals surface area contributed by atoms with E-state index in [4.69, 9.17) is 19.9 Å². The SMILES string of the molecule is COc1ccnc(COc2cccc(CCN)c2)c1OC. The van der Waals surface area contributed by atoms with E-state index in [1.807, 2.05) is 24.3 Å². The molecule has 1 aromatic heterocycles. The molecule has 0 radical (unpaired) electrons. The summed E-state index contributed by atoms with van der Waals surface area (Å²) < 4.78 is 16.4. The van der Waals surface area contributed by atoms with Crippen molar-refractivity contribution in [2.45, 2.75) is 13.0 Å². The number of ether oxygens (including phenoxy) is 3. The normalized spacial score (nSPS) is 10.2. The van der Waals surface area contributed by atoms with Crippen molar-refractivity contribution < 1.29 is 14.2 Å². The fraction of sp³-hybridized carbons (Fsp3) is 0.312. The summed E-state index contributed by atoms with van der Waals surface area (Å²) in [6, 6.07) is 9.64. The van der Waals surface area contributed by atoms with Gasteiger partial charge in [-0.3, -0.25) is 4.98 Å². The summed E-state index contributed by atoms with van der Waals surface area (Å²) in [6.07, 6.45) is 2.50. The molecule has 0 atom stereocenters. The van der Waals surface area contributed by atoms with Gasteiger partial charge in [-0.1, -0.05) is 12.1 Å². The first-order chi connectivity index (χ1) is 10.3. The molecule has 2 N–H and O–H groups in total. The number of pyridine rings is 1. The Kier molecular flexibility index (Phi) is 5.40. The molecular weight excluding hydrogens is 268 g/mol. The summed E-state index contributed by atoms with van der Waals surface area (Å²) in [5.74, 6) is 2.02. The highest BCUT2D eigenvalue weighted by atomic mass is 16.5. The lowest BCUT2D eigenvalue weighted by atomic mass is 10.1. The highest BCUT2D eigenvalue weighted by molar-refractivity contribution is 5.42. The zero-order chi connectivity index (χ0) is 15.1. The van der Waals surface area contributed by atoms with E-state index in [0.29, 0.717) is 30.3 Å². The number of rotatable bonds is 7. The van der Waals surface area contributed by atoms with E-state index in [1.54, 1.807) is 26.5 Å². The van der Waals surface area contributed by atoms with Crippen LogP contribution in [0.1, 0.15) is 11.3 Å². The molecule has 21 heavy (non-hydrogen) atoms. The smallest absolute Gasteiger partial charge is 0.185 e. The largest absolute Gasteiger partial charge is 0.493 e. The van der Waals surface area contributed by atoms with Gasteiger partial charge in [-0.15, -0.1) is 0 Å². The van der Waals surface area contributed by atoms with Gasteiger partial charge < -0.3 is 19.9 Å². The van der Waals surface area contributed by atoms with Crippen molar-refractivity contribution in [3.05, 3.63) is 47.8 Å². The van der Waals surface area contributed by atoms with Gasteiger partial charge in [0.25, 0.3) is 0 Å². The molecule has 5 heteroatoms. The number of methoxy groups -OCH3 is 2. The van der Waals surface area contributed by atoms with Crippen LogP contribution < -0.4 is 19.9 Å². The maximum absolute atomic E-state index is 5.78. The summed E-state index contributed by atoms with van der Waals surface area (Å²) in [6.45, 7) is 0.932. The van der Waals surface area contributed by atoms with Gasteiger partial charge in [-0.25, -0.2) is 0 Å². The van der Waals surface area contributed by atoms with E-state index in [2.05, 4.69) is 4.98 Å². The Bertz CT molecular complexity index is 587. The molecule has 0 saturated carbocycles. The van der Waals surface area contributed by atoms with Gasteiger partial charge in [0.2, 0.25) is 0 Å². The van der Waals surface area contributed by atoms with Gasteiger partial charge >= 0.3 is 0 Å². The molecule has 2 rings (SSSR count). The van der Waals surface area contributed by atoms with E-state index in [0.717, 1.165) is 17.7 Å². The van der Waals surface area contributed by atoms with Gasteiger partial charge in [0.05, 0.1) is 14.2 Å². The zero-order valence-corrected chi connectivity index (χ0v) is 12.3. The second-order valence-corrected chi connectivity index (χ2v) is 4.47. The second kappa shape index (κ2) is 7.50. The van der Waals surface area contributed by atoms with Gasteiger partial charge in [-0.05, 0) is 30.7 Å². The molecule has 0 bridgehead atoms. The Morgan fingerprint density at radius 3 is 2.71 bits per heavy atom. The highest BCUT2D eigenvalue weighted by Crippen LogP contribution is 2.29. The Morgan fingerprint density at radius 2 is 2.00 bits per heavy atom. The number of nitrogens with two attached hydrogens (primary N) is 1. The van der Waals surface area contributed by atoms with Crippen LogP contribution in [0.25, 0.3) is 0 Å². The second-order valence-electron chi connectivity index (χ2n) is 4.47. The number of hydrogen-bond acceptors (Lipinski definition) is 5. The first-order valence-corrected chi connectivity index (χ1v) is 6.76. The van der Waals surface area contributed by atoms with Crippen LogP contribution in [0.5, 0.6) is 17.2 Å². The van der Waals surface area contributed by atoms with Crippen LogP contribution in [0.15, 0.2) is 36.5 Å². The summed E-state index contributed by atoms with van der Waals surface area (Å²) in [5.41, 5.74) is 7.41. The number of hydrogen-bond donors (Lipinski definition) is 1. The van der Waals surface area contributed by atoms with E-state index in [-0.39, 0.29) is 0 Å². The quantitative estimate of drug-likeness (QED) is 0.846. The molecule has 1 aromatic carbocycles. The average Bonchev–Trinajstić information content (AvgIpc) is 2.53. The van der Waals surface area contributed by atoms with Crippen LogP contribution in [0.3, 0.4) is 0 Å². The third-order valence-electron chi connectivity index (χ3n) is 3.07. The number of nitrogens with zero attached hydrogens (tertiary/aromatic N) is 1. The molecule has 0 spiro atoms. The lowest BCUT2D eigenvalue weighted by Gasteiger charge is -2.12. The standard InChI is InChI=1S/C16H20N2O3/c1-19-15-7-9-18-14(16(15)20-2)11-21-13-5-3-4-12(10-13)6-8-17/h3-5,7,9-10H,6,8,11,17H2,1-2H3.